The van der Waals surface area contributed by atoms with E-state index in [4.69, 9.17) is 4.74 Å². The first-order chi connectivity index (χ1) is 13.6. The third-order valence-electron chi connectivity index (χ3n) is 4.09. The standard InChI is InChI=1S/C19H13F4N3O3/c1-10-24-16(11-3-6-13(29-2)7-4-11)18(26(27)28)17(25-10)14-8-5-12(9-15(14)20)19(21,22)23/h3-9H,1-2H3. The van der Waals surface area contributed by atoms with E-state index in [1.54, 1.807) is 12.1 Å². The van der Waals surface area contributed by atoms with E-state index < -0.39 is 39.4 Å². The van der Waals surface area contributed by atoms with Gasteiger partial charge in [-0.05, 0) is 49.4 Å². The Morgan fingerprint density at radius 3 is 2.17 bits per heavy atom. The maximum atomic E-state index is 14.5. The zero-order chi connectivity index (χ0) is 21.3. The van der Waals surface area contributed by atoms with Crippen LogP contribution in [0.25, 0.3) is 22.5 Å². The van der Waals surface area contributed by atoms with Crippen molar-refractivity contribution in [3.63, 3.8) is 0 Å². The monoisotopic (exact) mass is 407 g/mol. The molecule has 0 unspecified atom stereocenters. The van der Waals surface area contributed by atoms with E-state index in [1.165, 1.54) is 26.2 Å². The van der Waals surface area contributed by atoms with Gasteiger partial charge in [-0.2, -0.15) is 13.2 Å². The van der Waals surface area contributed by atoms with E-state index in [9.17, 15) is 27.7 Å². The second kappa shape index (κ2) is 7.46. The number of methoxy groups -OCH3 is 1. The van der Waals surface area contributed by atoms with Gasteiger partial charge in [-0.15, -0.1) is 0 Å². The van der Waals surface area contributed by atoms with Crippen LogP contribution >= 0.6 is 0 Å². The Labute approximate surface area is 162 Å². The van der Waals surface area contributed by atoms with Crippen molar-refractivity contribution in [3.8, 4) is 28.3 Å². The molecule has 0 saturated carbocycles. The lowest BCUT2D eigenvalue weighted by molar-refractivity contribution is -0.383. The molecule has 6 nitrogen and oxygen atoms in total. The van der Waals surface area contributed by atoms with Gasteiger partial charge in [-0.25, -0.2) is 14.4 Å². The summed E-state index contributed by atoms with van der Waals surface area (Å²) in [4.78, 5) is 19.0. The van der Waals surface area contributed by atoms with Crippen LogP contribution in [-0.4, -0.2) is 22.0 Å². The summed E-state index contributed by atoms with van der Waals surface area (Å²) in [6.45, 7) is 1.45. The molecular formula is C19H13F4N3O3. The molecule has 0 bridgehead atoms. The average Bonchev–Trinajstić information content (AvgIpc) is 2.66. The predicted octanol–water partition coefficient (Wildman–Crippen LogP) is 5.19. The Morgan fingerprint density at radius 1 is 1.03 bits per heavy atom. The van der Waals surface area contributed by atoms with Crippen LogP contribution in [0.3, 0.4) is 0 Å². The van der Waals surface area contributed by atoms with Crippen LogP contribution in [0, 0.1) is 22.9 Å². The van der Waals surface area contributed by atoms with E-state index in [0.717, 1.165) is 6.07 Å². The minimum Gasteiger partial charge on any atom is -0.497 e. The molecular weight excluding hydrogens is 394 g/mol. The number of aromatic nitrogens is 2. The first kappa shape index (κ1) is 20.2. The number of hydrogen-bond donors (Lipinski definition) is 0. The lowest BCUT2D eigenvalue weighted by Gasteiger charge is -2.11. The molecule has 0 spiro atoms. The molecule has 0 saturated heterocycles. The summed E-state index contributed by atoms with van der Waals surface area (Å²) in [6, 6.07) is 7.94. The Balaban J connectivity index is 2.25. The summed E-state index contributed by atoms with van der Waals surface area (Å²) in [6.07, 6.45) is -4.75. The van der Waals surface area contributed by atoms with E-state index in [0.29, 0.717) is 17.4 Å². The summed E-state index contributed by atoms with van der Waals surface area (Å²) in [5.41, 5.74) is -2.39. The third kappa shape index (κ3) is 4.00. The number of rotatable bonds is 4. The molecule has 10 heteroatoms. The van der Waals surface area contributed by atoms with Gasteiger partial charge in [0.15, 0.2) is 11.4 Å². The van der Waals surface area contributed by atoms with Crippen molar-refractivity contribution in [1.82, 2.24) is 9.97 Å². The molecule has 0 aliphatic heterocycles. The highest BCUT2D eigenvalue weighted by Gasteiger charge is 2.33. The van der Waals surface area contributed by atoms with E-state index >= 15 is 0 Å². The van der Waals surface area contributed by atoms with Gasteiger partial charge >= 0.3 is 11.9 Å². The van der Waals surface area contributed by atoms with Crippen LogP contribution in [0.4, 0.5) is 23.2 Å². The maximum Gasteiger partial charge on any atom is 0.416 e. The number of benzene rings is 2. The van der Waals surface area contributed by atoms with Crippen LogP contribution < -0.4 is 4.74 Å². The van der Waals surface area contributed by atoms with Gasteiger partial charge in [0.05, 0.1) is 17.6 Å². The molecule has 1 heterocycles. The lowest BCUT2D eigenvalue weighted by atomic mass is 10.0. The molecule has 1 aromatic heterocycles. The Kier molecular flexibility index (Phi) is 5.19. The fourth-order valence-electron chi connectivity index (χ4n) is 2.76. The normalized spacial score (nSPS) is 11.4. The molecule has 150 valence electrons. The highest BCUT2D eigenvalue weighted by molar-refractivity contribution is 5.81. The molecule has 2 aromatic carbocycles. The quantitative estimate of drug-likeness (QED) is 0.338. The van der Waals surface area contributed by atoms with Gasteiger partial charge in [0.2, 0.25) is 0 Å². The van der Waals surface area contributed by atoms with Crippen LogP contribution in [0.5, 0.6) is 5.75 Å². The summed E-state index contributed by atoms with van der Waals surface area (Å²) < 4.78 is 58.0. The first-order valence-electron chi connectivity index (χ1n) is 8.16. The summed E-state index contributed by atoms with van der Waals surface area (Å²) in [7, 11) is 1.46. The lowest BCUT2D eigenvalue weighted by Crippen LogP contribution is -2.07. The minimum absolute atomic E-state index is 0.0838. The fraction of sp³-hybridized carbons (Fsp3) is 0.158. The van der Waals surface area contributed by atoms with Gasteiger partial charge in [-0.3, -0.25) is 10.1 Å². The van der Waals surface area contributed by atoms with Gasteiger partial charge < -0.3 is 4.74 Å². The molecule has 0 atom stereocenters. The van der Waals surface area contributed by atoms with Crippen molar-refractivity contribution in [3.05, 3.63) is 69.8 Å². The molecule has 0 N–H and O–H groups in total. The van der Waals surface area contributed by atoms with Crippen LogP contribution in [-0.2, 0) is 6.18 Å². The zero-order valence-corrected chi connectivity index (χ0v) is 15.1. The molecule has 3 aromatic rings. The van der Waals surface area contributed by atoms with E-state index in [-0.39, 0.29) is 17.6 Å². The van der Waals surface area contributed by atoms with Gasteiger partial charge in [0, 0.05) is 11.1 Å². The predicted molar refractivity (Wildman–Crippen MR) is 95.8 cm³/mol. The molecule has 0 aliphatic rings. The molecule has 0 radical (unpaired) electrons. The number of hydrogen-bond acceptors (Lipinski definition) is 5. The smallest absolute Gasteiger partial charge is 0.416 e. The zero-order valence-electron chi connectivity index (χ0n) is 15.1. The fourth-order valence-corrected chi connectivity index (χ4v) is 2.76. The summed E-state index contributed by atoms with van der Waals surface area (Å²) in [5.74, 6) is -0.673. The average molecular weight is 407 g/mol. The number of halogens is 4. The van der Waals surface area contributed by atoms with Crippen LogP contribution in [0.1, 0.15) is 11.4 Å². The topological polar surface area (TPSA) is 78.2 Å². The molecule has 0 aliphatic carbocycles. The van der Waals surface area contributed by atoms with Crippen molar-refractivity contribution < 1.29 is 27.2 Å². The van der Waals surface area contributed by atoms with E-state index in [2.05, 4.69) is 9.97 Å². The summed E-state index contributed by atoms with van der Waals surface area (Å²) >= 11 is 0. The Bertz CT molecular complexity index is 1080. The number of nitrogens with zero attached hydrogens (tertiary/aromatic N) is 3. The van der Waals surface area contributed by atoms with Crippen molar-refractivity contribution in [2.45, 2.75) is 13.1 Å². The third-order valence-corrected chi connectivity index (χ3v) is 4.09. The summed E-state index contributed by atoms with van der Waals surface area (Å²) in [5, 5.41) is 11.8. The van der Waals surface area contributed by atoms with Gasteiger partial charge in [-0.1, -0.05) is 0 Å². The highest BCUT2D eigenvalue weighted by atomic mass is 19.4. The minimum atomic E-state index is -4.75. The molecule has 0 fully saturated rings. The largest absolute Gasteiger partial charge is 0.497 e. The first-order valence-corrected chi connectivity index (χ1v) is 8.16. The molecule has 3 rings (SSSR count). The number of aryl methyl sites for hydroxylation is 1. The Hall–Kier alpha value is -3.56. The van der Waals surface area contributed by atoms with Crippen molar-refractivity contribution in [2.75, 3.05) is 7.11 Å². The van der Waals surface area contributed by atoms with Crippen LogP contribution in [0.15, 0.2) is 42.5 Å². The highest BCUT2D eigenvalue weighted by Crippen LogP contribution is 2.39. The number of nitro groups is 1. The second-order valence-corrected chi connectivity index (χ2v) is 5.99. The molecule has 29 heavy (non-hydrogen) atoms. The van der Waals surface area contributed by atoms with Crippen molar-refractivity contribution >= 4 is 5.69 Å². The number of ether oxygens (including phenoxy) is 1. The number of alkyl halides is 3. The maximum absolute atomic E-state index is 14.5. The van der Waals surface area contributed by atoms with Gasteiger partial charge in [0.25, 0.3) is 0 Å². The van der Waals surface area contributed by atoms with Gasteiger partial charge in [0.1, 0.15) is 17.4 Å². The molecule has 0 amide bonds. The van der Waals surface area contributed by atoms with Crippen molar-refractivity contribution in [2.24, 2.45) is 0 Å². The SMILES string of the molecule is COc1ccc(-c2nc(C)nc(-c3ccc(C(F)(F)F)cc3F)c2[N+](=O)[O-])cc1. The van der Waals surface area contributed by atoms with Crippen molar-refractivity contribution in [1.29, 1.82) is 0 Å². The van der Waals surface area contributed by atoms with E-state index in [1.807, 2.05) is 0 Å². The second-order valence-electron chi connectivity index (χ2n) is 5.99. The Morgan fingerprint density at radius 2 is 1.66 bits per heavy atom. The van der Waals surface area contributed by atoms with Crippen LogP contribution in [0.2, 0.25) is 0 Å².